The first kappa shape index (κ1) is 12.6. The molecule has 0 saturated carbocycles. The number of ether oxygens (including phenoxy) is 1. The predicted octanol–water partition coefficient (Wildman–Crippen LogP) is 2.59. The number of nitrogens with zero attached hydrogens (tertiary/aromatic N) is 1. The monoisotopic (exact) mass is 242 g/mol. The maximum atomic E-state index is 5.36. The van der Waals surface area contributed by atoms with E-state index < -0.39 is 0 Å². The highest BCUT2D eigenvalue weighted by Crippen LogP contribution is 2.24. The lowest BCUT2D eigenvalue weighted by Crippen LogP contribution is -2.20. The summed E-state index contributed by atoms with van der Waals surface area (Å²) in [6, 6.07) is 14.4. The topological polar surface area (TPSA) is 34.2 Å². The summed E-state index contributed by atoms with van der Waals surface area (Å²) in [5.74, 6) is 0.827. The van der Waals surface area contributed by atoms with Crippen LogP contribution in [0.3, 0.4) is 0 Å². The molecule has 3 nitrogen and oxygen atoms in total. The summed E-state index contributed by atoms with van der Waals surface area (Å²) in [5.41, 5.74) is 2.23. The third-order valence-corrected chi connectivity index (χ3v) is 2.98. The van der Waals surface area contributed by atoms with Crippen LogP contribution in [0, 0.1) is 0 Å². The van der Waals surface area contributed by atoms with Crippen LogP contribution < -0.4 is 10.1 Å². The molecule has 0 aliphatic carbocycles. The Morgan fingerprint density at radius 3 is 2.61 bits per heavy atom. The predicted molar refractivity (Wildman–Crippen MR) is 72.7 cm³/mol. The molecule has 0 amide bonds. The number of aromatic nitrogens is 1. The fourth-order valence-electron chi connectivity index (χ4n) is 2.02. The second kappa shape index (κ2) is 6.17. The van der Waals surface area contributed by atoms with Crippen molar-refractivity contribution in [2.24, 2.45) is 0 Å². The molecule has 0 saturated heterocycles. The van der Waals surface area contributed by atoms with Gasteiger partial charge in [-0.25, -0.2) is 0 Å². The maximum absolute atomic E-state index is 5.36. The van der Waals surface area contributed by atoms with Gasteiger partial charge in [-0.3, -0.25) is 4.98 Å². The van der Waals surface area contributed by atoms with Crippen LogP contribution in [0.4, 0.5) is 0 Å². The van der Waals surface area contributed by atoms with Crippen molar-refractivity contribution in [2.45, 2.75) is 12.5 Å². The molecule has 0 aliphatic heterocycles. The molecule has 1 N–H and O–H groups in total. The SMILES string of the molecule is CNC(Cc1ccccc1)c1ncccc1OC. The molecule has 1 heterocycles. The number of likely N-dealkylation sites (N-methyl/N-ethyl adjacent to an activating group) is 1. The van der Waals surface area contributed by atoms with Gasteiger partial charge in [0, 0.05) is 6.20 Å². The van der Waals surface area contributed by atoms with Gasteiger partial charge >= 0.3 is 0 Å². The van der Waals surface area contributed by atoms with Gasteiger partial charge in [0.1, 0.15) is 5.75 Å². The highest BCUT2D eigenvalue weighted by atomic mass is 16.5. The van der Waals surface area contributed by atoms with Gasteiger partial charge in [-0.2, -0.15) is 0 Å². The fourth-order valence-corrected chi connectivity index (χ4v) is 2.02. The Morgan fingerprint density at radius 2 is 1.94 bits per heavy atom. The van der Waals surface area contributed by atoms with Crippen molar-refractivity contribution in [1.29, 1.82) is 0 Å². The molecule has 3 heteroatoms. The maximum Gasteiger partial charge on any atom is 0.141 e. The van der Waals surface area contributed by atoms with Crippen LogP contribution in [-0.2, 0) is 6.42 Å². The van der Waals surface area contributed by atoms with Crippen LogP contribution in [0.5, 0.6) is 5.75 Å². The molecule has 2 aromatic rings. The van der Waals surface area contributed by atoms with Gasteiger partial charge in [0.2, 0.25) is 0 Å². The average Bonchev–Trinajstić information content (AvgIpc) is 2.46. The molecule has 18 heavy (non-hydrogen) atoms. The number of hydrogen-bond donors (Lipinski definition) is 1. The minimum absolute atomic E-state index is 0.156. The van der Waals surface area contributed by atoms with Crippen molar-refractivity contribution in [1.82, 2.24) is 10.3 Å². The number of rotatable bonds is 5. The Hall–Kier alpha value is -1.87. The minimum atomic E-state index is 0.156. The van der Waals surface area contributed by atoms with Crippen molar-refractivity contribution in [3.8, 4) is 5.75 Å². The van der Waals surface area contributed by atoms with Crippen LogP contribution in [0.2, 0.25) is 0 Å². The number of pyridine rings is 1. The van der Waals surface area contributed by atoms with Crippen molar-refractivity contribution in [2.75, 3.05) is 14.2 Å². The standard InChI is InChI=1S/C15H18N2O/c1-16-13(11-12-7-4-3-5-8-12)15-14(18-2)9-6-10-17-15/h3-10,13,16H,11H2,1-2H3. The summed E-state index contributed by atoms with van der Waals surface area (Å²) < 4.78 is 5.36. The molecule has 0 spiro atoms. The summed E-state index contributed by atoms with van der Waals surface area (Å²) in [6.45, 7) is 0. The highest BCUT2D eigenvalue weighted by Gasteiger charge is 2.15. The van der Waals surface area contributed by atoms with Gasteiger partial charge in [0.25, 0.3) is 0 Å². The molecule has 1 aromatic heterocycles. The van der Waals surface area contributed by atoms with E-state index in [9.17, 15) is 0 Å². The van der Waals surface area contributed by atoms with Gasteiger partial charge in [-0.15, -0.1) is 0 Å². The Balaban J connectivity index is 2.23. The number of benzene rings is 1. The van der Waals surface area contributed by atoms with Crippen LogP contribution in [0.15, 0.2) is 48.7 Å². The molecular weight excluding hydrogens is 224 g/mol. The summed E-state index contributed by atoms with van der Waals surface area (Å²) in [7, 11) is 3.62. The Morgan fingerprint density at radius 1 is 1.17 bits per heavy atom. The van der Waals surface area contributed by atoms with E-state index in [1.165, 1.54) is 5.56 Å². The summed E-state index contributed by atoms with van der Waals surface area (Å²) in [5, 5.41) is 3.30. The molecule has 2 rings (SSSR count). The van der Waals surface area contributed by atoms with E-state index in [1.54, 1.807) is 13.3 Å². The lowest BCUT2D eigenvalue weighted by atomic mass is 10.0. The van der Waals surface area contributed by atoms with Crippen LogP contribution in [0.1, 0.15) is 17.3 Å². The zero-order valence-corrected chi connectivity index (χ0v) is 10.8. The molecule has 0 fully saturated rings. The van der Waals surface area contributed by atoms with Crippen molar-refractivity contribution >= 4 is 0 Å². The smallest absolute Gasteiger partial charge is 0.141 e. The Kier molecular flexibility index (Phi) is 4.31. The van der Waals surface area contributed by atoms with Crippen LogP contribution in [0.25, 0.3) is 0 Å². The number of hydrogen-bond acceptors (Lipinski definition) is 3. The van der Waals surface area contributed by atoms with Crippen LogP contribution >= 0.6 is 0 Å². The van der Waals surface area contributed by atoms with Crippen molar-refractivity contribution in [3.63, 3.8) is 0 Å². The van der Waals surface area contributed by atoms with Crippen molar-refractivity contribution < 1.29 is 4.74 Å². The normalized spacial score (nSPS) is 12.1. The largest absolute Gasteiger partial charge is 0.495 e. The lowest BCUT2D eigenvalue weighted by molar-refractivity contribution is 0.396. The van der Waals surface area contributed by atoms with E-state index >= 15 is 0 Å². The van der Waals surface area contributed by atoms with Crippen LogP contribution in [-0.4, -0.2) is 19.1 Å². The second-order valence-corrected chi connectivity index (χ2v) is 4.12. The molecule has 0 aliphatic rings. The third-order valence-electron chi connectivity index (χ3n) is 2.98. The highest BCUT2D eigenvalue weighted by molar-refractivity contribution is 5.31. The molecule has 0 bridgehead atoms. The number of nitrogens with one attached hydrogen (secondary N) is 1. The van der Waals surface area contributed by atoms with E-state index in [1.807, 2.05) is 25.2 Å². The quantitative estimate of drug-likeness (QED) is 0.875. The van der Waals surface area contributed by atoms with E-state index in [-0.39, 0.29) is 6.04 Å². The zero-order valence-electron chi connectivity index (χ0n) is 10.8. The van der Waals surface area contributed by atoms with E-state index in [0.29, 0.717) is 0 Å². The average molecular weight is 242 g/mol. The Labute approximate surface area is 108 Å². The van der Waals surface area contributed by atoms with Crippen molar-refractivity contribution in [3.05, 3.63) is 59.9 Å². The molecule has 0 radical (unpaired) electrons. The van der Waals surface area contributed by atoms with Gasteiger partial charge in [-0.05, 0) is 31.2 Å². The van der Waals surface area contributed by atoms with E-state index in [4.69, 9.17) is 4.74 Å². The third kappa shape index (κ3) is 2.87. The zero-order chi connectivity index (χ0) is 12.8. The molecule has 1 unspecified atom stereocenters. The summed E-state index contributed by atoms with van der Waals surface area (Å²) in [4.78, 5) is 4.43. The summed E-state index contributed by atoms with van der Waals surface area (Å²) >= 11 is 0. The number of methoxy groups -OCH3 is 1. The summed E-state index contributed by atoms with van der Waals surface area (Å²) in [6.07, 6.45) is 2.69. The van der Waals surface area contributed by atoms with E-state index in [0.717, 1.165) is 17.9 Å². The molecule has 94 valence electrons. The fraction of sp³-hybridized carbons (Fsp3) is 0.267. The van der Waals surface area contributed by atoms with Gasteiger partial charge in [0.15, 0.2) is 0 Å². The van der Waals surface area contributed by atoms with E-state index in [2.05, 4.69) is 34.6 Å². The molecule has 1 aromatic carbocycles. The molecular formula is C15H18N2O. The lowest BCUT2D eigenvalue weighted by Gasteiger charge is -2.18. The van der Waals surface area contributed by atoms with Gasteiger partial charge in [-0.1, -0.05) is 30.3 Å². The van der Waals surface area contributed by atoms with Gasteiger partial charge in [0.05, 0.1) is 18.8 Å². The first-order valence-electron chi connectivity index (χ1n) is 6.05. The first-order chi connectivity index (χ1) is 8.85. The second-order valence-electron chi connectivity index (χ2n) is 4.12. The minimum Gasteiger partial charge on any atom is -0.495 e. The first-order valence-corrected chi connectivity index (χ1v) is 6.05. The molecule has 1 atom stereocenters. The Bertz CT molecular complexity index is 485. The van der Waals surface area contributed by atoms with Gasteiger partial charge < -0.3 is 10.1 Å².